The van der Waals surface area contributed by atoms with Gasteiger partial charge in [0.25, 0.3) is 0 Å². The molecule has 1 N–H and O–H groups in total. The summed E-state index contributed by atoms with van der Waals surface area (Å²) in [6.45, 7) is 1.73. The van der Waals surface area contributed by atoms with Crippen molar-refractivity contribution in [2.75, 3.05) is 32.6 Å². The summed E-state index contributed by atoms with van der Waals surface area (Å²) in [5, 5.41) is 4.59. The number of hydrogen-bond acceptors (Lipinski definition) is 5. The van der Waals surface area contributed by atoms with Crippen LogP contribution in [0.5, 0.6) is 5.75 Å². The minimum Gasteiger partial charge on any atom is -0.497 e. The van der Waals surface area contributed by atoms with Crippen molar-refractivity contribution in [2.45, 2.75) is 13.0 Å². The van der Waals surface area contributed by atoms with Crippen molar-refractivity contribution in [3.05, 3.63) is 65.3 Å². The summed E-state index contributed by atoms with van der Waals surface area (Å²) in [5.74, 6) is 0.899. The number of thiazole rings is 1. The predicted octanol–water partition coefficient (Wildman–Crippen LogP) is 4.22. The van der Waals surface area contributed by atoms with Crippen LogP contribution >= 0.6 is 11.3 Å². The number of anilines is 1. The lowest BCUT2D eigenvalue weighted by Gasteiger charge is -2.12. The molecule has 0 aliphatic heterocycles. The van der Waals surface area contributed by atoms with Crippen LogP contribution in [0.25, 0.3) is 10.4 Å². The molecule has 0 saturated carbocycles. The SMILES string of the molecule is COc1ccc(CCNCc2ncc(-c3ccc(N(C)C)cc3)s2)cc1. The van der Waals surface area contributed by atoms with E-state index in [4.69, 9.17) is 4.74 Å². The van der Waals surface area contributed by atoms with Crippen LogP contribution in [0.3, 0.4) is 0 Å². The highest BCUT2D eigenvalue weighted by atomic mass is 32.1. The van der Waals surface area contributed by atoms with E-state index < -0.39 is 0 Å². The normalized spacial score (nSPS) is 10.7. The van der Waals surface area contributed by atoms with Gasteiger partial charge in [-0.25, -0.2) is 4.98 Å². The van der Waals surface area contributed by atoms with Gasteiger partial charge in [-0.1, -0.05) is 24.3 Å². The number of rotatable bonds is 8. The van der Waals surface area contributed by atoms with E-state index in [9.17, 15) is 0 Å². The Bertz CT molecular complexity index is 810. The number of ether oxygens (including phenoxy) is 1. The van der Waals surface area contributed by atoms with Crippen molar-refractivity contribution in [2.24, 2.45) is 0 Å². The number of nitrogens with zero attached hydrogens (tertiary/aromatic N) is 2. The molecule has 0 bridgehead atoms. The van der Waals surface area contributed by atoms with E-state index in [0.717, 1.165) is 30.3 Å². The molecule has 0 atom stereocenters. The standard InChI is InChI=1S/C21H25N3OS/c1-24(2)18-8-6-17(7-9-18)20-14-23-21(26-20)15-22-13-12-16-4-10-19(25-3)11-5-16/h4-11,14,22H,12-13,15H2,1-3H3. The molecule has 1 aromatic heterocycles. The molecule has 136 valence electrons. The van der Waals surface area contributed by atoms with Crippen LogP contribution in [0.15, 0.2) is 54.7 Å². The fraction of sp³-hybridized carbons (Fsp3) is 0.286. The second-order valence-corrected chi connectivity index (χ2v) is 7.45. The van der Waals surface area contributed by atoms with Crippen LogP contribution < -0.4 is 15.0 Å². The number of aromatic nitrogens is 1. The maximum Gasteiger partial charge on any atom is 0.118 e. The fourth-order valence-electron chi connectivity index (χ4n) is 2.67. The first-order valence-electron chi connectivity index (χ1n) is 8.72. The number of hydrogen-bond donors (Lipinski definition) is 1. The first-order chi connectivity index (χ1) is 12.7. The van der Waals surface area contributed by atoms with Crippen LogP contribution in [-0.2, 0) is 13.0 Å². The molecule has 1 heterocycles. The Balaban J connectivity index is 1.48. The van der Waals surface area contributed by atoms with E-state index >= 15 is 0 Å². The summed E-state index contributed by atoms with van der Waals surface area (Å²) < 4.78 is 5.18. The van der Waals surface area contributed by atoms with Gasteiger partial charge in [0.2, 0.25) is 0 Å². The van der Waals surface area contributed by atoms with Crippen LogP contribution in [0.4, 0.5) is 5.69 Å². The maximum atomic E-state index is 5.18. The van der Waals surface area contributed by atoms with Gasteiger partial charge < -0.3 is 15.0 Å². The van der Waals surface area contributed by atoms with Gasteiger partial charge in [0, 0.05) is 32.5 Å². The van der Waals surface area contributed by atoms with Gasteiger partial charge in [0.05, 0.1) is 12.0 Å². The molecular weight excluding hydrogens is 342 g/mol. The minimum atomic E-state index is 0.802. The molecule has 4 nitrogen and oxygen atoms in total. The second kappa shape index (κ2) is 8.83. The molecule has 0 unspecified atom stereocenters. The first-order valence-corrected chi connectivity index (χ1v) is 9.53. The Hall–Kier alpha value is -2.37. The highest BCUT2D eigenvalue weighted by Gasteiger charge is 2.05. The van der Waals surface area contributed by atoms with Crippen molar-refractivity contribution in [3.63, 3.8) is 0 Å². The van der Waals surface area contributed by atoms with Crippen molar-refractivity contribution < 1.29 is 4.74 Å². The molecule has 0 radical (unpaired) electrons. The summed E-state index contributed by atoms with van der Waals surface area (Å²) >= 11 is 1.75. The quantitative estimate of drug-likeness (QED) is 0.605. The Morgan fingerprint density at radius 2 is 1.77 bits per heavy atom. The first kappa shape index (κ1) is 18.4. The molecule has 26 heavy (non-hydrogen) atoms. The van der Waals surface area contributed by atoms with E-state index in [2.05, 4.69) is 65.7 Å². The third-order valence-electron chi connectivity index (χ3n) is 4.25. The predicted molar refractivity (Wildman–Crippen MR) is 110 cm³/mol. The smallest absolute Gasteiger partial charge is 0.118 e. The van der Waals surface area contributed by atoms with Crippen molar-refractivity contribution in [1.82, 2.24) is 10.3 Å². The molecule has 0 amide bonds. The lowest BCUT2D eigenvalue weighted by Crippen LogP contribution is -2.16. The molecule has 0 spiro atoms. The van der Waals surface area contributed by atoms with E-state index in [1.165, 1.54) is 21.7 Å². The largest absolute Gasteiger partial charge is 0.497 e. The van der Waals surface area contributed by atoms with E-state index in [0.29, 0.717) is 0 Å². The Labute approximate surface area is 159 Å². The number of nitrogens with one attached hydrogen (secondary N) is 1. The fourth-order valence-corrected chi connectivity index (χ4v) is 3.56. The van der Waals surface area contributed by atoms with Crippen molar-refractivity contribution in [1.29, 1.82) is 0 Å². The van der Waals surface area contributed by atoms with Crippen molar-refractivity contribution >= 4 is 17.0 Å². The van der Waals surface area contributed by atoms with Gasteiger partial charge >= 0.3 is 0 Å². The minimum absolute atomic E-state index is 0.802. The topological polar surface area (TPSA) is 37.4 Å². The molecule has 2 aromatic carbocycles. The maximum absolute atomic E-state index is 5.18. The average Bonchev–Trinajstić information content (AvgIpc) is 3.15. The molecule has 0 aliphatic rings. The third-order valence-corrected chi connectivity index (χ3v) is 5.29. The van der Waals surface area contributed by atoms with Crippen LogP contribution in [0.1, 0.15) is 10.6 Å². The Morgan fingerprint density at radius 1 is 1.04 bits per heavy atom. The number of methoxy groups -OCH3 is 1. The molecular formula is C21H25N3OS. The van der Waals surface area contributed by atoms with Gasteiger partial charge in [0.15, 0.2) is 0 Å². The number of benzene rings is 2. The molecule has 3 rings (SSSR count). The van der Waals surface area contributed by atoms with Crippen LogP contribution in [0, 0.1) is 0 Å². The van der Waals surface area contributed by atoms with Crippen molar-refractivity contribution in [3.8, 4) is 16.2 Å². The van der Waals surface area contributed by atoms with Gasteiger partial charge in [-0.15, -0.1) is 11.3 Å². The third kappa shape index (κ3) is 4.84. The van der Waals surface area contributed by atoms with Gasteiger partial charge in [-0.2, -0.15) is 0 Å². The summed E-state index contributed by atoms with van der Waals surface area (Å²) in [6, 6.07) is 16.8. The highest BCUT2D eigenvalue weighted by Crippen LogP contribution is 2.27. The lowest BCUT2D eigenvalue weighted by molar-refractivity contribution is 0.414. The zero-order chi connectivity index (χ0) is 18.4. The summed E-state index contributed by atoms with van der Waals surface area (Å²) in [6.07, 6.45) is 2.96. The monoisotopic (exact) mass is 367 g/mol. The summed E-state index contributed by atoms with van der Waals surface area (Å²) in [4.78, 5) is 7.86. The molecule has 3 aromatic rings. The van der Waals surface area contributed by atoms with Gasteiger partial charge in [0.1, 0.15) is 10.8 Å². The van der Waals surface area contributed by atoms with E-state index in [-0.39, 0.29) is 0 Å². The molecule has 0 aliphatic carbocycles. The molecule has 0 fully saturated rings. The second-order valence-electron chi connectivity index (χ2n) is 6.33. The van der Waals surface area contributed by atoms with E-state index in [1.807, 2.05) is 18.3 Å². The summed E-state index contributed by atoms with van der Waals surface area (Å²) in [7, 11) is 5.80. The molecule has 5 heteroatoms. The average molecular weight is 368 g/mol. The Morgan fingerprint density at radius 3 is 2.42 bits per heavy atom. The molecule has 0 saturated heterocycles. The van der Waals surface area contributed by atoms with Gasteiger partial charge in [-0.3, -0.25) is 0 Å². The van der Waals surface area contributed by atoms with Crippen LogP contribution in [0.2, 0.25) is 0 Å². The van der Waals surface area contributed by atoms with Gasteiger partial charge in [-0.05, 0) is 48.4 Å². The highest BCUT2D eigenvalue weighted by molar-refractivity contribution is 7.15. The Kier molecular flexibility index (Phi) is 6.26. The van der Waals surface area contributed by atoms with Crippen LogP contribution in [-0.4, -0.2) is 32.7 Å². The van der Waals surface area contributed by atoms with E-state index in [1.54, 1.807) is 18.4 Å². The zero-order valence-electron chi connectivity index (χ0n) is 15.5. The lowest BCUT2D eigenvalue weighted by atomic mass is 10.1. The summed E-state index contributed by atoms with van der Waals surface area (Å²) in [5.41, 5.74) is 3.73. The zero-order valence-corrected chi connectivity index (χ0v) is 16.3.